The number of hydrogen-bond donors (Lipinski definition) is 0. The molecule has 132 valence electrons. The lowest BCUT2D eigenvalue weighted by Crippen LogP contribution is -2.37. The Labute approximate surface area is 152 Å². The quantitative estimate of drug-likeness (QED) is 0.734. The molecule has 4 rings (SSSR count). The molecular weight excluding hydrogens is 307 g/mol. The van der Waals surface area contributed by atoms with Crippen molar-refractivity contribution in [1.29, 1.82) is 0 Å². The van der Waals surface area contributed by atoms with Gasteiger partial charge in [0.1, 0.15) is 0 Å². The smallest absolute Gasteiger partial charge is 0.402 e. The molecule has 2 unspecified atom stereocenters. The highest BCUT2D eigenvalue weighted by molar-refractivity contribution is 6.63. The molecule has 1 aliphatic heterocycles. The molecule has 0 amide bonds. The highest BCUT2D eigenvalue weighted by atomic mass is 16.7. The van der Waals surface area contributed by atoms with Crippen molar-refractivity contribution in [3.05, 3.63) is 41.5 Å². The Bertz CT molecular complexity index is 783. The second-order valence-corrected chi connectivity index (χ2v) is 8.29. The molecule has 2 nitrogen and oxygen atoms in total. The first-order valence-corrected chi connectivity index (χ1v) is 9.89. The molecule has 1 aliphatic carbocycles. The van der Waals surface area contributed by atoms with Crippen LogP contribution < -0.4 is 5.46 Å². The van der Waals surface area contributed by atoms with Gasteiger partial charge in [-0.2, -0.15) is 0 Å². The summed E-state index contributed by atoms with van der Waals surface area (Å²) >= 11 is 0. The predicted octanol–water partition coefficient (Wildman–Crippen LogP) is 4.97. The molecule has 0 bridgehead atoms. The summed E-state index contributed by atoms with van der Waals surface area (Å²) in [5, 5.41) is 2.83. The van der Waals surface area contributed by atoms with Gasteiger partial charge in [-0.05, 0) is 73.3 Å². The third-order valence-corrected chi connectivity index (χ3v) is 6.28. The molecule has 0 spiro atoms. The van der Waals surface area contributed by atoms with Crippen LogP contribution in [0.5, 0.6) is 0 Å². The fraction of sp³-hybridized carbons (Fsp3) is 0.545. The van der Waals surface area contributed by atoms with E-state index in [1.54, 1.807) is 5.56 Å². The van der Waals surface area contributed by atoms with Crippen LogP contribution in [0.4, 0.5) is 0 Å². The number of rotatable bonds is 4. The van der Waals surface area contributed by atoms with E-state index in [1.165, 1.54) is 47.5 Å². The molecule has 2 aromatic rings. The van der Waals surface area contributed by atoms with Crippen LogP contribution in [0.15, 0.2) is 30.3 Å². The van der Waals surface area contributed by atoms with Crippen LogP contribution in [0.2, 0.25) is 0 Å². The molecule has 0 N–H and O–H groups in total. The van der Waals surface area contributed by atoms with Gasteiger partial charge in [0.05, 0.1) is 11.7 Å². The molecule has 0 aromatic heterocycles. The molecule has 1 fully saturated rings. The van der Waals surface area contributed by atoms with E-state index in [0.29, 0.717) is 5.92 Å². The van der Waals surface area contributed by atoms with Gasteiger partial charge in [-0.25, -0.2) is 0 Å². The summed E-state index contributed by atoms with van der Waals surface area (Å²) in [7, 11) is -0.232. The third kappa shape index (κ3) is 2.92. The SMILES string of the molecule is CCCCC1CCc2c(B3OC(C)C(C)(C)O3)ccc3cccc1c23. The Hall–Kier alpha value is -1.32. The van der Waals surface area contributed by atoms with Crippen LogP contribution in [0.1, 0.15) is 70.4 Å². The maximum atomic E-state index is 6.27. The van der Waals surface area contributed by atoms with Crippen LogP contribution in [0.3, 0.4) is 0 Å². The van der Waals surface area contributed by atoms with Crippen molar-refractivity contribution in [3.8, 4) is 0 Å². The molecule has 2 atom stereocenters. The zero-order valence-corrected chi connectivity index (χ0v) is 16.0. The van der Waals surface area contributed by atoms with Crippen LogP contribution in [0, 0.1) is 0 Å². The lowest BCUT2D eigenvalue weighted by atomic mass is 9.69. The minimum absolute atomic E-state index is 0.108. The minimum Gasteiger partial charge on any atom is -0.402 e. The molecule has 2 aromatic carbocycles. The topological polar surface area (TPSA) is 18.5 Å². The van der Waals surface area contributed by atoms with Gasteiger partial charge in [0, 0.05) is 0 Å². The Kier molecular flexibility index (Phi) is 4.41. The first kappa shape index (κ1) is 17.1. The first-order valence-electron chi connectivity index (χ1n) is 9.89. The van der Waals surface area contributed by atoms with Gasteiger partial charge in [0.2, 0.25) is 0 Å². The Morgan fingerprint density at radius 2 is 2.04 bits per heavy atom. The molecule has 1 saturated heterocycles. The van der Waals surface area contributed by atoms with Gasteiger partial charge in [-0.3, -0.25) is 0 Å². The largest absolute Gasteiger partial charge is 0.494 e. The monoisotopic (exact) mass is 336 g/mol. The maximum Gasteiger partial charge on any atom is 0.494 e. The van der Waals surface area contributed by atoms with Crippen molar-refractivity contribution in [3.63, 3.8) is 0 Å². The standard InChI is InChI=1S/C22H29BO2/c1-5-6-8-16-11-13-19-20(23-24-15(2)22(3,4)25-23)14-12-17-9-7-10-18(16)21(17)19/h7,9-10,12,14-16H,5-6,8,11,13H2,1-4H3. The summed E-state index contributed by atoms with van der Waals surface area (Å²) in [6.07, 6.45) is 6.38. The van der Waals surface area contributed by atoms with E-state index in [4.69, 9.17) is 9.31 Å². The predicted molar refractivity (Wildman–Crippen MR) is 106 cm³/mol. The van der Waals surface area contributed by atoms with E-state index in [2.05, 4.69) is 58.0 Å². The van der Waals surface area contributed by atoms with E-state index < -0.39 is 0 Å². The maximum absolute atomic E-state index is 6.27. The van der Waals surface area contributed by atoms with Crippen molar-refractivity contribution in [1.82, 2.24) is 0 Å². The zero-order valence-electron chi connectivity index (χ0n) is 16.0. The number of aryl methyl sites for hydroxylation is 1. The summed E-state index contributed by atoms with van der Waals surface area (Å²) in [6, 6.07) is 11.3. The van der Waals surface area contributed by atoms with Crippen molar-refractivity contribution in [2.75, 3.05) is 0 Å². The van der Waals surface area contributed by atoms with E-state index in [-0.39, 0.29) is 18.8 Å². The third-order valence-electron chi connectivity index (χ3n) is 6.28. The molecule has 0 saturated carbocycles. The van der Waals surface area contributed by atoms with Gasteiger partial charge < -0.3 is 9.31 Å². The van der Waals surface area contributed by atoms with E-state index in [0.717, 1.165) is 6.42 Å². The van der Waals surface area contributed by atoms with Crippen molar-refractivity contribution in [2.45, 2.75) is 77.4 Å². The van der Waals surface area contributed by atoms with Crippen LogP contribution in [-0.2, 0) is 15.7 Å². The average molecular weight is 336 g/mol. The lowest BCUT2D eigenvalue weighted by Gasteiger charge is -2.28. The Balaban J connectivity index is 1.78. The number of unbranched alkanes of at least 4 members (excludes halogenated alkanes) is 1. The van der Waals surface area contributed by atoms with Crippen molar-refractivity contribution >= 4 is 23.4 Å². The van der Waals surface area contributed by atoms with Crippen molar-refractivity contribution < 1.29 is 9.31 Å². The van der Waals surface area contributed by atoms with Gasteiger partial charge in [-0.15, -0.1) is 0 Å². The highest BCUT2D eigenvalue weighted by Crippen LogP contribution is 2.39. The normalized spacial score (nSPS) is 24.9. The summed E-state index contributed by atoms with van der Waals surface area (Å²) in [4.78, 5) is 0. The highest BCUT2D eigenvalue weighted by Gasteiger charge is 2.45. The van der Waals surface area contributed by atoms with Crippen LogP contribution >= 0.6 is 0 Å². The van der Waals surface area contributed by atoms with Crippen molar-refractivity contribution in [2.24, 2.45) is 0 Å². The van der Waals surface area contributed by atoms with Gasteiger partial charge in [-0.1, -0.05) is 50.1 Å². The van der Waals surface area contributed by atoms with E-state index in [9.17, 15) is 0 Å². The fourth-order valence-electron chi connectivity index (χ4n) is 4.44. The zero-order chi connectivity index (χ0) is 17.6. The Morgan fingerprint density at radius 1 is 1.20 bits per heavy atom. The van der Waals surface area contributed by atoms with E-state index in [1.807, 2.05) is 0 Å². The molecule has 1 heterocycles. The molecule has 2 aliphatic rings. The summed E-state index contributed by atoms with van der Waals surface area (Å²) in [5.74, 6) is 0.701. The fourth-order valence-corrected chi connectivity index (χ4v) is 4.44. The van der Waals surface area contributed by atoms with Gasteiger partial charge in [0.15, 0.2) is 0 Å². The lowest BCUT2D eigenvalue weighted by molar-refractivity contribution is 0.0842. The second kappa shape index (κ2) is 6.44. The Morgan fingerprint density at radius 3 is 2.76 bits per heavy atom. The summed E-state index contributed by atoms with van der Waals surface area (Å²) in [6.45, 7) is 8.64. The summed E-state index contributed by atoms with van der Waals surface area (Å²) < 4.78 is 12.5. The molecule has 25 heavy (non-hydrogen) atoms. The first-order chi connectivity index (χ1) is 12.0. The summed E-state index contributed by atoms with van der Waals surface area (Å²) in [5.41, 5.74) is 4.01. The molecular formula is C22H29BO2. The average Bonchev–Trinajstić information content (AvgIpc) is 2.87. The second-order valence-electron chi connectivity index (χ2n) is 8.29. The number of hydrogen-bond acceptors (Lipinski definition) is 2. The number of benzene rings is 2. The van der Waals surface area contributed by atoms with Gasteiger partial charge >= 0.3 is 7.12 Å². The molecule has 0 radical (unpaired) electrons. The van der Waals surface area contributed by atoms with Gasteiger partial charge in [0.25, 0.3) is 0 Å². The van der Waals surface area contributed by atoms with Crippen LogP contribution in [0.25, 0.3) is 10.8 Å². The minimum atomic E-state index is -0.232. The van der Waals surface area contributed by atoms with Crippen LogP contribution in [-0.4, -0.2) is 18.8 Å². The van der Waals surface area contributed by atoms with E-state index >= 15 is 0 Å². The molecule has 3 heteroatoms.